The molecule has 1 aromatic carbocycles. The number of thioether (sulfide) groups is 1. The van der Waals surface area contributed by atoms with Gasteiger partial charge in [0.15, 0.2) is 5.78 Å². The largest absolute Gasteiger partial charge is 0.368 e. The van der Waals surface area contributed by atoms with Crippen molar-refractivity contribution in [2.45, 2.75) is 6.10 Å². The van der Waals surface area contributed by atoms with E-state index in [-0.39, 0.29) is 11.3 Å². The van der Waals surface area contributed by atoms with Crippen LogP contribution in [-0.4, -0.2) is 30.0 Å². The fourth-order valence-electron chi connectivity index (χ4n) is 1.52. The average molecular weight is 244 g/mol. The van der Waals surface area contributed by atoms with E-state index in [1.807, 2.05) is 0 Å². The molecule has 0 saturated carbocycles. The Morgan fingerprint density at radius 1 is 1.31 bits per heavy atom. The highest BCUT2D eigenvalue weighted by molar-refractivity contribution is 7.99. The number of ketones is 1. The van der Waals surface area contributed by atoms with Crippen molar-refractivity contribution in [2.75, 3.05) is 18.1 Å². The third-order valence-electron chi connectivity index (χ3n) is 2.26. The second-order valence-corrected chi connectivity index (χ2v) is 4.61. The number of benzene rings is 1. The summed E-state index contributed by atoms with van der Waals surface area (Å²) in [6, 6.07) is 2.81. The predicted octanol–water partition coefficient (Wildman–Crippen LogP) is 2.28. The maximum Gasteiger partial charge on any atom is 0.192 e. The molecule has 1 aromatic rings. The Morgan fingerprint density at radius 2 is 2.00 bits per heavy atom. The van der Waals surface area contributed by atoms with Crippen molar-refractivity contribution in [3.63, 3.8) is 0 Å². The summed E-state index contributed by atoms with van der Waals surface area (Å²) in [4.78, 5) is 11.8. The number of ether oxygens (including phenoxy) is 1. The fourth-order valence-corrected chi connectivity index (χ4v) is 2.36. The van der Waals surface area contributed by atoms with Gasteiger partial charge in [0, 0.05) is 23.1 Å². The van der Waals surface area contributed by atoms with Crippen LogP contribution in [0.2, 0.25) is 0 Å². The molecule has 1 aliphatic rings. The third kappa shape index (κ3) is 2.59. The number of carbonyl (C=O) groups is 1. The highest BCUT2D eigenvalue weighted by atomic mass is 32.2. The minimum atomic E-state index is -0.744. The van der Waals surface area contributed by atoms with Gasteiger partial charge in [-0.05, 0) is 12.1 Å². The molecule has 1 atom stereocenters. The fraction of sp³-hybridized carbons (Fsp3) is 0.364. The molecule has 0 aliphatic carbocycles. The van der Waals surface area contributed by atoms with Crippen molar-refractivity contribution >= 4 is 17.5 Å². The van der Waals surface area contributed by atoms with Crippen LogP contribution in [0, 0.1) is 11.6 Å². The molecule has 2 rings (SSSR count). The molecule has 2 nitrogen and oxygen atoms in total. The smallest absolute Gasteiger partial charge is 0.192 e. The molecule has 5 heteroatoms. The minimum Gasteiger partial charge on any atom is -0.368 e. The SMILES string of the molecule is O=C(c1cc(F)cc(F)c1)C1CSCCO1. The third-order valence-corrected chi connectivity index (χ3v) is 3.25. The van der Waals surface area contributed by atoms with E-state index >= 15 is 0 Å². The van der Waals surface area contributed by atoms with Crippen molar-refractivity contribution in [3.05, 3.63) is 35.4 Å². The standard InChI is InChI=1S/C11H10F2O2S/c12-8-3-7(4-9(13)5-8)11(14)10-6-16-2-1-15-10/h3-5,10H,1-2,6H2. The molecule has 86 valence electrons. The molecule has 0 bridgehead atoms. The number of carbonyl (C=O) groups excluding carboxylic acids is 1. The van der Waals surface area contributed by atoms with E-state index in [1.165, 1.54) is 0 Å². The number of hydrogen-bond acceptors (Lipinski definition) is 3. The zero-order valence-electron chi connectivity index (χ0n) is 8.41. The first kappa shape index (κ1) is 11.5. The molecule has 1 unspecified atom stereocenters. The van der Waals surface area contributed by atoms with Crippen LogP contribution in [0.4, 0.5) is 8.78 Å². The lowest BCUT2D eigenvalue weighted by atomic mass is 10.1. The minimum absolute atomic E-state index is 0.0324. The van der Waals surface area contributed by atoms with E-state index < -0.39 is 17.7 Å². The van der Waals surface area contributed by atoms with Gasteiger partial charge in [0.05, 0.1) is 6.61 Å². The van der Waals surface area contributed by atoms with Crippen LogP contribution in [0.3, 0.4) is 0 Å². The van der Waals surface area contributed by atoms with Crippen LogP contribution in [-0.2, 0) is 4.74 Å². The lowest BCUT2D eigenvalue weighted by molar-refractivity contribution is 0.0518. The zero-order chi connectivity index (χ0) is 11.5. The second-order valence-electron chi connectivity index (χ2n) is 3.46. The van der Waals surface area contributed by atoms with Gasteiger partial charge in [-0.1, -0.05) is 0 Å². The number of Topliss-reactive ketones (excluding diaryl/α,β-unsaturated/α-hetero) is 1. The maximum absolute atomic E-state index is 12.9. The van der Waals surface area contributed by atoms with Gasteiger partial charge in [-0.2, -0.15) is 11.8 Å². The van der Waals surface area contributed by atoms with Crippen molar-refractivity contribution in [2.24, 2.45) is 0 Å². The lowest BCUT2D eigenvalue weighted by Crippen LogP contribution is -2.31. The number of halogens is 2. The molecule has 16 heavy (non-hydrogen) atoms. The van der Waals surface area contributed by atoms with Crippen LogP contribution in [0.1, 0.15) is 10.4 Å². The van der Waals surface area contributed by atoms with E-state index in [1.54, 1.807) is 11.8 Å². The van der Waals surface area contributed by atoms with E-state index in [0.717, 1.165) is 24.0 Å². The summed E-state index contributed by atoms with van der Waals surface area (Å²) in [7, 11) is 0. The van der Waals surface area contributed by atoms with Crippen LogP contribution in [0.5, 0.6) is 0 Å². The Morgan fingerprint density at radius 3 is 2.56 bits per heavy atom. The molecule has 0 amide bonds. The van der Waals surface area contributed by atoms with Gasteiger partial charge in [0.1, 0.15) is 17.7 Å². The highest BCUT2D eigenvalue weighted by Gasteiger charge is 2.24. The average Bonchev–Trinajstić information content (AvgIpc) is 2.28. The summed E-state index contributed by atoms with van der Waals surface area (Å²) < 4.78 is 31.1. The van der Waals surface area contributed by atoms with Gasteiger partial charge in [0.2, 0.25) is 0 Å². The van der Waals surface area contributed by atoms with Gasteiger partial charge in [0.25, 0.3) is 0 Å². The summed E-state index contributed by atoms with van der Waals surface area (Å²) in [5.41, 5.74) is 0.0324. The van der Waals surface area contributed by atoms with Crippen LogP contribution >= 0.6 is 11.8 Å². The van der Waals surface area contributed by atoms with Crippen LogP contribution < -0.4 is 0 Å². The Balaban J connectivity index is 2.19. The Hall–Kier alpha value is -0.940. The van der Waals surface area contributed by atoms with Crippen molar-refractivity contribution < 1.29 is 18.3 Å². The quantitative estimate of drug-likeness (QED) is 0.747. The first-order valence-electron chi connectivity index (χ1n) is 4.86. The van der Waals surface area contributed by atoms with Gasteiger partial charge in [-0.15, -0.1) is 0 Å². The van der Waals surface area contributed by atoms with Crippen molar-refractivity contribution in [1.29, 1.82) is 0 Å². The summed E-state index contributed by atoms with van der Waals surface area (Å²) in [6.07, 6.45) is -0.583. The molecule has 1 aliphatic heterocycles. The molecule has 0 aromatic heterocycles. The number of hydrogen-bond donors (Lipinski definition) is 0. The topological polar surface area (TPSA) is 26.3 Å². The maximum atomic E-state index is 12.9. The Kier molecular flexibility index (Phi) is 3.56. The molecular formula is C11H10F2O2S. The van der Waals surface area contributed by atoms with Gasteiger partial charge < -0.3 is 4.74 Å². The molecule has 1 heterocycles. The monoisotopic (exact) mass is 244 g/mol. The summed E-state index contributed by atoms with van der Waals surface area (Å²) in [5, 5.41) is 0. The molecule has 1 fully saturated rings. The zero-order valence-corrected chi connectivity index (χ0v) is 9.23. The van der Waals surface area contributed by atoms with Crippen LogP contribution in [0.15, 0.2) is 18.2 Å². The molecule has 1 saturated heterocycles. The second kappa shape index (κ2) is 4.93. The summed E-state index contributed by atoms with van der Waals surface area (Å²) in [5.74, 6) is -0.456. The lowest BCUT2D eigenvalue weighted by Gasteiger charge is -2.20. The predicted molar refractivity (Wildman–Crippen MR) is 57.8 cm³/mol. The van der Waals surface area contributed by atoms with E-state index in [2.05, 4.69) is 0 Å². The first-order valence-corrected chi connectivity index (χ1v) is 6.02. The van der Waals surface area contributed by atoms with Crippen LogP contribution in [0.25, 0.3) is 0 Å². The highest BCUT2D eigenvalue weighted by Crippen LogP contribution is 2.18. The van der Waals surface area contributed by atoms with E-state index in [9.17, 15) is 13.6 Å². The van der Waals surface area contributed by atoms with Crippen molar-refractivity contribution in [3.8, 4) is 0 Å². The Bertz CT molecular complexity index is 383. The van der Waals surface area contributed by atoms with Gasteiger partial charge >= 0.3 is 0 Å². The summed E-state index contributed by atoms with van der Waals surface area (Å²) in [6.45, 7) is 0.499. The van der Waals surface area contributed by atoms with Gasteiger partial charge in [-0.25, -0.2) is 8.78 Å². The molecule has 0 radical (unpaired) electrons. The first-order chi connectivity index (χ1) is 7.66. The molecule has 0 spiro atoms. The molecule has 0 N–H and O–H groups in total. The normalized spacial score (nSPS) is 20.8. The van der Waals surface area contributed by atoms with E-state index in [0.29, 0.717) is 12.4 Å². The van der Waals surface area contributed by atoms with E-state index in [4.69, 9.17) is 4.74 Å². The Labute approximate surface area is 96.0 Å². The van der Waals surface area contributed by atoms with Crippen molar-refractivity contribution in [1.82, 2.24) is 0 Å². The summed E-state index contributed by atoms with van der Waals surface area (Å²) >= 11 is 1.60. The molecular weight excluding hydrogens is 234 g/mol. The van der Waals surface area contributed by atoms with Gasteiger partial charge in [-0.3, -0.25) is 4.79 Å². The number of rotatable bonds is 2.